The molecule has 0 aliphatic carbocycles. The molecule has 0 aromatic heterocycles. The van der Waals surface area contributed by atoms with Crippen molar-refractivity contribution in [1.82, 2.24) is 4.90 Å². The first-order chi connectivity index (χ1) is 6.42. The number of nitrogens with zero attached hydrogens (tertiary/aromatic N) is 2. The van der Waals surface area contributed by atoms with E-state index in [1.807, 2.05) is 18.2 Å². The van der Waals surface area contributed by atoms with Crippen LogP contribution >= 0.6 is 0 Å². The summed E-state index contributed by atoms with van der Waals surface area (Å²) in [5.74, 6) is 0. The second-order valence-electron chi connectivity index (χ2n) is 3.32. The Balaban J connectivity index is 2.16. The lowest BCUT2D eigenvalue weighted by molar-refractivity contribution is 0.418. The minimum atomic E-state index is 0.325. The Morgan fingerprint density at radius 3 is 2.54 bits per heavy atom. The molecule has 0 bridgehead atoms. The second kappa shape index (κ2) is 3.59. The van der Waals surface area contributed by atoms with Gasteiger partial charge in [-0.1, -0.05) is 30.3 Å². The number of benzene rings is 1. The van der Waals surface area contributed by atoms with Gasteiger partial charge in [0, 0.05) is 19.1 Å². The van der Waals surface area contributed by atoms with Crippen LogP contribution < -0.4 is 0 Å². The van der Waals surface area contributed by atoms with E-state index in [9.17, 15) is 0 Å². The standard InChI is InChI=1S/C11H12N2/c12-7-6-11(13-8-9-13)10-4-2-1-3-5-10/h1-5,11H,6,8-9H2. The molecule has 0 N–H and O–H groups in total. The number of hydrogen-bond acceptors (Lipinski definition) is 2. The maximum atomic E-state index is 8.70. The molecule has 1 saturated heterocycles. The van der Waals surface area contributed by atoms with Gasteiger partial charge in [0.2, 0.25) is 0 Å². The maximum Gasteiger partial charge on any atom is 0.0641 e. The normalized spacial score (nSPS) is 17.8. The van der Waals surface area contributed by atoms with Crippen molar-refractivity contribution in [2.24, 2.45) is 0 Å². The summed E-state index contributed by atoms with van der Waals surface area (Å²) in [6, 6.07) is 12.8. The molecule has 1 heterocycles. The Bertz CT molecular complexity index is 309. The average Bonchev–Trinajstić information content (AvgIpc) is 2.99. The zero-order chi connectivity index (χ0) is 9.10. The molecule has 13 heavy (non-hydrogen) atoms. The lowest BCUT2D eigenvalue weighted by atomic mass is 10.0. The van der Waals surface area contributed by atoms with Crippen LogP contribution in [0.3, 0.4) is 0 Å². The van der Waals surface area contributed by atoms with Gasteiger partial charge in [-0.05, 0) is 5.56 Å². The number of hydrogen-bond donors (Lipinski definition) is 0. The van der Waals surface area contributed by atoms with Gasteiger partial charge in [-0.25, -0.2) is 0 Å². The van der Waals surface area contributed by atoms with Gasteiger partial charge in [0.15, 0.2) is 0 Å². The van der Waals surface area contributed by atoms with Crippen molar-refractivity contribution in [3.8, 4) is 6.07 Å². The Morgan fingerprint density at radius 2 is 2.00 bits per heavy atom. The molecule has 1 aliphatic rings. The fourth-order valence-corrected chi connectivity index (χ4v) is 1.59. The van der Waals surface area contributed by atoms with Gasteiger partial charge in [0.05, 0.1) is 12.5 Å². The molecule has 2 nitrogen and oxygen atoms in total. The third kappa shape index (κ3) is 1.88. The van der Waals surface area contributed by atoms with Crippen LogP contribution in [0.4, 0.5) is 0 Å². The number of rotatable bonds is 3. The molecule has 0 spiro atoms. The van der Waals surface area contributed by atoms with E-state index in [-0.39, 0.29) is 0 Å². The van der Waals surface area contributed by atoms with Gasteiger partial charge in [-0.15, -0.1) is 0 Å². The van der Waals surface area contributed by atoms with Crippen molar-refractivity contribution >= 4 is 0 Å². The van der Waals surface area contributed by atoms with Crippen molar-refractivity contribution in [3.63, 3.8) is 0 Å². The van der Waals surface area contributed by atoms with E-state index in [2.05, 4.69) is 23.1 Å². The van der Waals surface area contributed by atoms with Gasteiger partial charge in [0.1, 0.15) is 0 Å². The molecule has 0 radical (unpaired) electrons. The molecule has 0 amide bonds. The van der Waals surface area contributed by atoms with Crippen LogP contribution in [-0.4, -0.2) is 18.0 Å². The van der Waals surface area contributed by atoms with Gasteiger partial charge >= 0.3 is 0 Å². The summed E-state index contributed by atoms with van der Waals surface area (Å²) in [7, 11) is 0. The smallest absolute Gasteiger partial charge is 0.0641 e. The van der Waals surface area contributed by atoms with Crippen molar-refractivity contribution in [2.75, 3.05) is 13.1 Å². The molecule has 2 rings (SSSR count). The van der Waals surface area contributed by atoms with E-state index in [4.69, 9.17) is 5.26 Å². The first-order valence-corrected chi connectivity index (χ1v) is 4.58. The van der Waals surface area contributed by atoms with Crippen LogP contribution in [0.1, 0.15) is 18.0 Å². The topological polar surface area (TPSA) is 26.8 Å². The molecular weight excluding hydrogens is 160 g/mol. The molecular formula is C11H12N2. The monoisotopic (exact) mass is 172 g/mol. The predicted octanol–water partition coefficient (Wildman–Crippen LogP) is 1.96. The summed E-state index contributed by atoms with van der Waals surface area (Å²) in [5, 5.41) is 8.70. The van der Waals surface area contributed by atoms with E-state index in [0.29, 0.717) is 12.5 Å². The highest BCUT2D eigenvalue weighted by Gasteiger charge is 2.28. The maximum absolute atomic E-state index is 8.70. The van der Waals surface area contributed by atoms with E-state index in [1.165, 1.54) is 5.56 Å². The average molecular weight is 172 g/mol. The lowest BCUT2D eigenvalue weighted by Gasteiger charge is -2.14. The van der Waals surface area contributed by atoms with Gasteiger partial charge < -0.3 is 0 Å². The number of nitriles is 1. The van der Waals surface area contributed by atoms with Crippen molar-refractivity contribution in [2.45, 2.75) is 12.5 Å². The molecule has 66 valence electrons. The third-order valence-electron chi connectivity index (χ3n) is 2.39. The Kier molecular flexibility index (Phi) is 2.29. The molecule has 2 heteroatoms. The molecule has 1 atom stereocenters. The first-order valence-electron chi connectivity index (χ1n) is 4.58. The SMILES string of the molecule is N#CCC(c1ccccc1)N1CC1. The van der Waals surface area contributed by atoms with Crippen LogP contribution in [0.2, 0.25) is 0 Å². The highest BCUT2D eigenvalue weighted by Crippen LogP contribution is 2.28. The van der Waals surface area contributed by atoms with Crippen molar-refractivity contribution in [1.29, 1.82) is 5.26 Å². The van der Waals surface area contributed by atoms with E-state index in [1.54, 1.807) is 0 Å². The lowest BCUT2D eigenvalue weighted by Crippen LogP contribution is -2.08. The molecule has 1 fully saturated rings. The van der Waals surface area contributed by atoms with Gasteiger partial charge in [0.25, 0.3) is 0 Å². The molecule has 1 aromatic rings. The fourth-order valence-electron chi connectivity index (χ4n) is 1.59. The van der Waals surface area contributed by atoms with Crippen LogP contribution in [-0.2, 0) is 0 Å². The fraction of sp³-hybridized carbons (Fsp3) is 0.364. The Labute approximate surface area is 78.4 Å². The molecule has 1 unspecified atom stereocenters. The first kappa shape index (κ1) is 8.28. The van der Waals surface area contributed by atoms with Gasteiger partial charge in [-0.2, -0.15) is 5.26 Å². The van der Waals surface area contributed by atoms with Crippen LogP contribution in [0.25, 0.3) is 0 Å². The predicted molar refractivity (Wildman–Crippen MR) is 51.0 cm³/mol. The highest BCUT2D eigenvalue weighted by molar-refractivity contribution is 5.21. The van der Waals surface area contributed by atoms with E-state index < -0.39 is 0 Å². The van der Waals surface area contributed by atoms with Crippen LogP contribution in [0.5, 0.6) is 0 Å². The van der Waals surface area contributed by atoms with E-state index in [0.717, 1.165) is 13.1 Å². The summed E-state index contributed by atoms with van der Waals surface area (Å²) in [4.78, 5) is 2.32. The summed E-state index contributed by atoms with van der Waals surface area (Å²) in [6.07, 6.45) is 0.601. The van der Waals surface area contributed by atoms with Crippen LogP contribution in [0, 0.1) is 11.3 Å². The largest absolute Gasteiger partial charge is 0.293 e. The third-order valence-corrected chi connectivity index (χ3v) is 2.39. The quantitative estimate of drug-likeness (QED) is 0.651. The summed E-state index contributed by atoms with van der Waals surface area (Å²) >= 11 is 0. The zero-order valence-electron chi connectivity index (χ0n) is 7.48. The Hall–Kier alpha value is -1.33. The summed E-state index contributed by atoms with van der Waals surface area (Å²) in [6.45, 7) is 2.28. The molecule has 0 saturated carbocycles. The minimum Gasteiger partial charge on any atom is -0.293 e. The summed E-state index contributed by atoms with van der Waals surface area (Å²) < 4.78 is 0. The minimum absolute atomic E-state index is 0.325. The van der Waals surface area contributed by atoms with E-state index >= 15 is 0 Å². The summed E-state index contributed by atoms with van der Waals surface area (Å²) in [5.41, 5.74) is 1.27. The highest BCUT2D eigenvalue weighted by atomic mass is 15.3. The zero-order valence-corrected chi connectivity index (χ0v) is 7.48. The van der Waals surface area contributed by atoms with Crippen molar-refractivity contribution in [3.05, 3.63) is 35.9 Å². The van der Waals surface area contributed by atoms with Crippen molar-refractivity contribution < 1.29 is 0 Å². The second-order valence-corrected chi connectivity index (χ2v) is 3.32. The Morgan fingerprint density at radius 1 is 1.31 bits per heavy atom. The van der Waals surface area contributed by atoms with Crippen LogP contribution in [0.15, 0.2) is 30.3 Å². The van der Waals surface area contributed by atoms with Gasteiger partial charge in [-0.3, -0.25) is 4.90 Å². The molecule has 1 aromatic carbocycles. The molecule has 1 aliphatic heterocycles.